The maximum absolute atomic E-state index is 14.2. The van der Waals surface area contributed by atoms with Gasteiger partial charge in [-0.2, -0.15) is 0 Å². The van der Waals surface area contributed by atoms with Gasteiger partial charge < -0.3 is 45.2 Å². The number of hydroxylamine groups is 2. The summed E-state index contributed by atoms with van der Waals surface area (Å²) in [7, 11) is 1.52. The van der Waals surface area contributed by atoms with Crippen LogP contribution in [0.1, 0.15) is 99.0 Å². The zero-order valence-electron chi connectivity index (χ0n) is 45.2. The highest BCUT2D eigenvalue weighted by molar-refractivity contribution is 6.15. The van der Waals surface area contributed by atoms with E-state index in [2.05, 4.69) is 27.3 Å². The fourth-order valence-corrected chi connectivity index (χ4v) is 11.6. The summed E-state index contributed by atoms with van der Waals surface area (Å²) in [6.07, 6.45) is 5.86. The van der Waals surface area contributed by atoms with Gasteiger partial charge in [0.1, 0.15) is 19.0 Å². The zero-order valence-corrected chi connectivity index (χ0v) is 45.2. The zero-order chi connectivity index (χ0) is 57.2. The Morgan fingerprint density at radius 1 is 0.598 bits per heavy atom. The molecule has 4 N–H and O–H groups in total. The van der Waals surface area contributed by atoms with Gasteiger partial charge in [-0.15, -0.1) is 5.06 Å². The molecule has 5 heterocycles. The summed E-state index contributed by atoms with van der Waals surface area (Å²) in [4.78, 5) is 130. The number of rotatable bonds is 17. The smallest absolute Gasteiger partial charge is 0.336 e. The number of methoxy groups -OCH3 is 1. The van der Waals surface area contributed by atoms with Crippen molar-refractivity contribution in [3.05, 3.63) is 136 Å². The molecule has 0 radical (unpaired) electrons. The Bertz CT molecular complexity index is 3480. The van der Waals surface area contributed by atoms with E-state index in [4.69, 9.17) is 24.0 Å². The third kappa shape index (κ3) is 11.5. The second kappa shape index (κ2) is 23.4. The van der Waals surface area contributed by atoms with Gasteiger partial charge in [-0.3, -0.25) is 48.2 Å². The molecule has 0 bridgehead atoms. The molecule has 11 rings (SSSR count). The SMILES string of the molecule is COc1cc2c(cc1OCc1cc(COc3cc4c(cc3C)C(=O)N3c5ccccc5C[C@H]3C=N4)cc(NC(=O)CNC(=O)CNC(=O)CNC(=O)C3CCC(C(=O)ON4C(=O)CCC4=O)CC3)c1)CC[C@@H]1Cc3ccccc3N1C2=O. The Labute approximate surface area is 471 Å². The van der Waals surface area contributed by atoms with E-state index in [1.54, 1.807) is 41.4 Å². The van der Waals surface area contributed by atoms with E-state index in [-0.39, 0.29) is 50.0 Å². The van der Waals surface area contributed by atoms with Gasteiger partial charge in [-0.05, 0) is 134 Å². The van der Waals surface area contributed by atoms with E-state index in [0.717, 1.165) is 40.9 Å². The molecule has 5 aromatic rings. The van der Waals surface area contributed by atoms with Gasteiger partial charge in [0.25, 0.3) is 23.6 Å². The summed E-state index contributed by atoms with van der Waals surface area (Å²) in [5, 5.41) is 10.8. The first-order chi connectivity index (χ1) is 39.7. The van der Waals surface area contributed by atoms with Gasteiger partial charge >= 0.3 is 5.97 Å². The number of hydrogen-bond acceptors (Lipinski definition) is 14. The van der Waals surface area contributed by atoms with E-state index in [9.17, 15) is 43.2 Å². The number of carbonyl (C=O) groups excluding carboxylic acids is 9. The Morgan fingerprint density at radius 3 is 1.90 bits per heavy atom. The van der Waals surface area contributed by atoms with Gasteiger partial charge in [0.2, 0.25) is 23.6 Å². The number of fused-ring (bicyclic) bond motifs is 8. The molecule has 0 spiro atoms. The quantitative estimate of drug-likeness (QED) is 0.0820. The number of aryl methyl sites for hydroxylation is 2. The molecule has 1 saturated heterocycles. The number of amides is 8. The lowest BCUT2D eigenvalue weighted by atomic mass is 9.81. The lowest BCUT2D eigenvalue weighted by Gasteiger charge is -2.27. The minimum Gasteiger partial charge on any atom is -0.493 e. The van der Waals surface area contributed by atoms with Crippen molar-refractivity contribution >= 4 is 82.2 Å². The molecule has 2 atom stereocenters. The van der Waals surface area contributed by atoms with Crippen molar-refractivity contribution < 1.29 is 62.2 Å². The molecule has 1 aliphatic carbocycles. The van der Waals surface area contributed by atoms with Crippen LogP contribution in [0.25, 0.3) is 0 Å². The van der Waals surface area contributed by atoms with Crippen LogP contribution < -0.4 is 45.3 Å². The first-order valence-electron chi connectivity index (χ1n) is 27.5. The van der Waals surface area contributed by atoms with Crippen molar-refractivity contribution in [3.8, 4) is 17.2 Å². The predicted molar refractivity (Wildman–Crippen MR) is 298 cm³/mol. The van der Waals surface area contributed by atoms with E-state index in [1.807, 2.05) is 66.4 Å². The van der Waals surface area contributed by atoms with Crippen LogP contribution in [0.2, 0.25) is 0 Å². The van der Waals surface area contributed by atoms with E-state index in [0.29, 0.717) is 100 Å². The maximum Gasteiger partial charge on any atom is 0.336 e. The minimum absolute atomic E-state index is 0.0128. The van der Waals surface area contributed by atoms with Gasteiger partial charge in [0, 0.05) is 66.1 Å². The molecule has 6 aliphatic rings. The van der Waals surface area contributed by atoms with Crippen LogP contribution in [0.4, 0.5) is 22.7 Å². The number of aliphatic imine (C=N–C) groups is 1. The first-order valence-corrected chi connectivity index (χ1v) is 27.5. The van der Waals surface area contributed by atoms with E-state index >= 15 is 0 Å². The van der Waals surface area contributed by atoms with Crippen LogP contribution in [-0.2, 0) is 70.9 Å². The van der Waals surface area contributed by atoms with Crippen molar-refractivity contribution in [2.45, 2.75) is 96.4 Å². The number of imide groups is 1. The van der Waals surface area contributed by atoms with Crippen LogP contribution in [0.15, 0.2) is 96.0 Å². The monoisotopic (exact) mass is 1110 g/mol. The fourth-order valence-electron chi connectivity index (χ4n) is 11.6. The molecule has 82 heavy (non-hydrogen) atoms. The van der Waals surface area contributed by atoms with Crippen LogP contribution in [0, 0.1) is 18.8 Å². The molecular weight excluding hydrogens is 1050 g/mol. The average Bonchev–Trinajstić information content (AvgIpc) is 2.99. The number of benzene rings is 5. The van der Waals surface area contributed by atoms with Crippen LogP contribution in [0.3, 0.4) is 0 Å². The standard InChI is InChI=1S/C61H60N8O13/c1-34-19-46-47(62-28-44-24-41-8-4-6-10-49(41)68(44)60(46)77)27-50(34)80-32-35-20-36(33-81-52-25-39-15-16-43-23-40-7-3-5-9-48(40)67(43)59(76)45(39)26-51(52)79-2)22-42(21-35)66-55(72)31-64-53(70)29-63-54(71)30-65-58(75)37-11-13-38(14-12-37)61(78)82-69-56(73)17-18-57(69)74/h3-10,19-22,25-28,37-38,43-44H,11-18,23-24,29-33H2,1-2H3,(H,63,71)(H,64,70)(H,65,75)(H,66,72)/t37?,38?,43-,44+/m1/s1. The van der Waals surface area contributed by atoms with E-state index in [1.165, 1.54) is 7.11 Å². The number of hydrogen-bond donors (Lipinski definition) is 4. The van der Waals surface area contributed by atoms with Crippen molar-refractivity contribution in [3.63, 3.8) is 0 Å². The molecule has 422 valence electrons. The first kappa shape index (κ1) is 54.6. The highest BCUT2D eigenvalue weighted by atomic mass is 16.7. The highest BCUT2D eigenvalue weighted by Crippen LogP contribution is 2.42. The van der Waals surface area contributed by atoms with E-state index < -0.39 is 72.9 Å². The molecule has 21 nitrogen and oxygen atoms in total. The summed E-state index contributed by atoms with van der Waals surface area (Å²) in [5.74, 6) is -4.13. The molecule has 0 unspecified atom stereocenters. The Morgan fingerprint density at radius 2 is 1.21 bits per heavy atom. The van der Waals surface area contributed by atoms with Crippen molar-refractivity contribution in [1.29, 1.82) is 0 Å². The van der Waals surface area contributed by atoms with Crippen molar-refractivity contribution in [2.24, 2.45) is 16.8 Å². The van der Waals surface area contributed by atoms with Crippen molar-refractivity contribution in [1.82, 2.24) is 21.0 Å². The Hall–Kier alpha value is -9.40. The molecular formula is C61H60N8O13. The number of nitrogens with zero attached hydrogens (tertiary/aromatic N) is 4. The molecule has 21 heteroatoms. The topological polar surface area (TPSA) is 261 Å². The summed E-state index contributed by atoms with van der Waals surface area (Å²) >= 11 is 0. The number of nitrogens with one attached hydrogen (secondary N) is 4. The van der Waals surface area contributed by atoms with Crippen LogP contribution in [-0.4, -0.2) is 103 Å². The summed E-state index contributed by atoms with van der Waals surface area (Å²) < 4.78 is 18.7. The minimum atomic E-state index is -0.700. The number of anilines is 3. The second-order valence-electron chi connectivity index (χ2n) is 21.3. The largest absolute Gasteiger partial charge is 0.493 e. The normalized spacial score (nSPS) is 19.3. The molecule has 5 aromatic carbocycles. The summed E-state index contributed by atoms with van der Waals surface area (Å²) in [5.41, 5.74) is 8.72. The molecule has 5 aliphatic heterocycles. The molecule has 1 saturated carbocycles. The van der Waals surface area contributed by atoms with Crippen molar-refractivity contribution in [2.75, 3.05) is 41.9 Å². The lowest BCUT2D eigenvalue weighted by Crippen LogP contribution is -2.44. The number of carbonyl (C=O) groups is 9. The molecule has 0 aromatic heterocycles. The Kier molecular flexibility index (Phi) is 15.5. The predicted octanol–water partition coefficient (Wildman–Crippen LogP) is 5.67. The molecule has 8 amide bonds. The van der Waals surface area contributed by atoms with Gasteiger partial charge in [0.05, 0.1) is 50.0 Å². The molecule has 2 fully saturated rings. The average molecular weight is 1110 g/mol. The Balaban J connectivity index is 0.720. The lowest BCUT2D eigenvalue weighted by molar-refractivity contribution is -0.201. The number of ether oxygens (including phenoxy) is 3. The highest BCUT2D eigenvalue weighted by Gasteiger charge is 2.40. The van der Waals surface area contributed by atoms with Gasteiger partial charge in [-0.1, -0.05) is 36.4 Å². The maximum atomic E-state index is 14.2. The summed E-state index contributed by atoms with van der Waals surface area (Å²) in [6.45, 7) is 0.554. The van der Waals surface area contributed by atoms with Gasteiger partial charge in [0.15, 0.2) is 11.5 Å². The second-order valence-corrected chi connectivity index (χ2v) is 21.3. The third-order valence-electron chi connectivity index (χ3n) is 15.9. The summed E-state index contributed by atoms with van der Waals surface area (Å²) in [6, 6.07) is 28.1. The fraction of sp³-hybridized carbons (Fsp3) is 0.344. The van der Waals surface area contributed by atoms with Gasteiger partial charge in [-0.25, -0.2) is 4.79 Å². The van der Waals surface area contributed by atoms with Crippen LogP contribution in [0.5, 0.6) is 17.2 Å². The number of para-hydroxylation sites is 2. The van der Waals surface area contributed by atoms with Crippen LogP contribution >= 0.6 is 0 Å². The third-order valence-corrected chi connectivity index (χ3v) is 15.9.